The van der Waals surface area contributed by atoms with Crippen LogP contribution in [0.25, 0.3) is 0 Å². The van der Waals surface area contributed by atoms with Crippen LogP contribution in [0.4, 0.5) is 8.78 Å². The van der Waals surface area contributed by atoms with Crippen LogP contribution in [0.2, 0.25) is 0 Å². The SMILES string of the molecule is CN=C(NCc1ccc(OC)c(OC(F)F)c1)N(C)Cc1csc(C)n1. The van der Waals surface area contributed by atoms with Gasteiger partial charge in [-0.25, -0.2) is 4.98 Å². The van der Waals surface area contributed by atoms with Gasteiger partial charge in [-0.15, -0.1) is 11.3 Å². The molecule has 0 atom stereocenters. The minimum absolute atomic E-state index is 0.00286. The number of aryl methyl sites for hydroxylation is 1. The molecule has 0 saturated heterocycles. The summed E-state index contributed by atoms with van der Waals surface area (Å²) >= 11 is 1.60. The smallest absolute Gasteiger partial charge is 0.387 e. The van der Waals surface area contributed by atoms with Crippen LogP contribution in [-0.4, -0.2) is 43.7 Å². The second-order valence-corrected chi connectivity index (χ2v) is 6.54. The first-order valence-electron chi connectivity index (χ1n) is 7.87. The van der Waals surface area contributed by atoms with E-state index >= 15 is 0 Å². The summed E-state index contributed by atoms with van der Waals surface area (Å²) in [4.78, 5) is 10.6. The number of hydrogen-bond acceptors (Lipinski definition) is 5. The van der Waals surface area contributed by atoms with Gasteiger partial charge >= 0.3 is 6.61 Å². The van der Waals surface area contributed by atoms with Crippen LogP contribution >= 0.6 is 11.3 Å². The molecule has 1 aromatic heterocycles. The maximum atomic E-state index is 12.5. The number of methoxy groups -OCH3 is 1. The Morgan fingerprint density at radius 2 is 2.15 bits per heavy atom. The Kier molecular flexibility index (Phi) is 7.14. The van der Waals surface area contributed by atoms with Gasteiger partial charge in [-0.3, -0.25) is 4.99 Å². The van der Waals surface area contributed by atoms with E-state index in [1.807, 2.05) is 24.3 Å². The van der Waals surface area contributed by atoms with Gasteiger partial charge in [0.1, 0.15) is 0 Å². The van der Waals surface area contributed by atoms with E-state index in [2.05, 4.69) is 20.0 Å². The van der Waals surface area contributed by atoms with Crippen LogP contribution in [0.3, 0.4) is 0 Å². The molecule has 0 aliphatic carbocycles. The van der Waals surface area contributed by atoms with Gasteiger partial charge in [-0.05, 0) is 24.6 Å². The van der Waals surface area contributed by atoms with Gasteiger partial charge in [0, 0.05) is 26.0 Å². The molecule has 0 fully saturated rings. The lowest BCUT2D eigenvalue weighted by Crippen LogP contribution is -2.38. The summed E-state index contributed by atoms with van der Waals surface area (Å²) in [6.45, 7) is 0.0696. The van der Waals surface area contributed by atoms with Gasteiger partial charge < -0.3 is 19.7 Å². The fourth-order valence-corrected chi connectivity index (χ4v) is 2.99. The van der Waals surface area contributed by atoms with E-state index in [9.17, 15) is 8.78 Å². The molecule has 6 nitrogen and oxygen atoms in total. The highest BCUT2D eigenvalue weighted by atomic mass is 32.1. The third kappa shape index (κ3) is 5.55. The van der Waals surface area contributed by atoms with Crippen molar-refractivity contribution in [3.63, 3.8) is 0 Å². The van der Waals surface area contributed by atoms with Crippen molar-refractivity contribution in [1.82, 2.24) is 15.2 Å². The second kappa shape index (κ2) is 9.33. The van der Waals surface area contributed by atoms with Crippen molar-refractivity contribution in [3.8, 4) is 11.5 Å². The molecule has 26 heavy (non-hydrogen) atoms. The van der Waals surface area contributed by atoms with Crippen molar-refractivity contribution in [2.45, 2.75) is 26.6 Å². The third-order valence-electron chi connectivity index (χ3n) is 3.53. The molecule has 0 bridgehead atoms. The molecule has 2 aromatic rings. The molecule has 1 N–H and O–H groups in total. The van der Waals surface area contributed by atoms with Gasteiger partial charge in [-0.2, -0.15) is 8.78 Å². The molecule has 1 heterocycles. The summed E-state index contributed by atoms with van der Waals surface area (Å²) in [5.41, 5.74) is 1.73. The molecular formula is C17H22F2N4O2S. The van der Waals surface area contributed by atoms with E-state index < -0.39 is 6.61 Å². The summed E-state index contributed by atoms with van der Waals surface area (Å²) in [7, 11) is 5.00. The summed E-state index contributed by atoms with van der Waals surface area (Å²) in [6, 6.07) is 4.90. The Morgan fingerprint density at radius 3 is 2.73 bits per heavy atom. The van der Waals surface area contributed by atoms with Gasteiger partial charge in [0.25, 0.3) is 0 Å². The third-order valence-corrected chi connectivity index (χ3v) is 4.36. The molecular weight excluding hydrogens is 362 g/mol. The van der Waals surface area contributed by atoms with E-state index in [-0.39, 0.29) is 11.5 Å². The molecule has 0 unspecified atom stereocenters. The molecule has 9 heteroatoms. The Labute approximate surface area is 155 Å². The molecule has 142 valence electrons. The van der Waals surface area contributed by atoms with Gasteiger partial charge in [-0.1, -0.05) is 6.07 Å². The lowest BCUT2D eigenvalue weighted by atomic mass is 10.2. The highest BCUT2D eigenvalue weighted by Crippen LogP contribution is 2.29. The number of ether oxygens (including phenoxy) is 2. The lowest BCUT2D eigenvalue weighted by molar-refractivity contribution is -0.0512. The first-order valence-corrected chi connectivity index (χ1v) is 8.75. The zero-order valence-corrected chi connectivity index (χ0v) is 15.9. The van der Waals surface area contributed by atoms with Crippen molar-refractivity contribution < 1.29 is 18.3 Å². The van der Waals surface area contributed by atoms with E-state index in [1.165, 1.54) is 13.2 Å². The largest absolute Gasteiger partial charge is 0.493 e. The van der Waals surface area contributed by atoms with Crippen molar-refractivity contribution in [2.24, 2.45) is 4.99 Å². The van der Waals surface area contributed by atoms with Crippen molar-refractivity contribution in [2.75, 3.05) is 21.2 Å². The first-order chi connectivity index (χ1) is 12.4. The number of aromatic nitrogens is 1. The standard InChI is InChI=1S/C17H22F2N4O2S/c1-11-22-13(10-26-11)9-23(3)17(20-2)21-8-12-5-6-14(24-4)15(7-12)25-16(18)19/h5-7,10,16H,8-9H2,1-4H3,(H,20,21). The Morgan fingerprint density at radius 1 is 1.38 bits per heavy atom. The fraction of sp³-hybridized carbons (Fsp3) is 0.412. The molecule has 0 aliphatic heterocycles. The summed E-state index contributed by atoms with van der Waals surface area (Å²) in [5.74, 6) is 0.931. The highest BCUT2D eigenvalue weighted by molar-refractivity contribution is 7.09. The minimum Gasteiger partial charge on any atom is -0.493 e. The average molecular weight is 384 g/mol. The summed E-state index contributed by atoms with van der Waals surface area (Å²) in [5, 5.41) is 6.22. The molecule has 0 saturated carbocycles. The molecule has 0 aliphatic rings. The maximum Gasteiger partial charge on any atom is 0.387 e. The number of guanidine groups is 1. The van der Waals surface area contributed by atoms with Crippen molar-refractivity contribution in [1.29, 1.82) is 0 Å². The number of hydrogen-bond donors (Lipinski definition) is 1. The zero-order chi connectivity index (χ0) is 19.1. The van der Waals surface area contributed by atoms with Crippen LogP contribution in [-0.2, 0) is 13.1 Å². The van der Waals surface area contributed by atoms with Crippen LogP contribution in [0.5, 0.6) is 11.5 Å². The van der Waals surface area contributed by atoms with Crippen LogP contribution in [0, 0.1) is 6.92 Å². The number of rotatable bonds is 7. The number of aliphatic imine (C=N–C) groups is 1. The van der Waals surface area contributed by atoms with Crippen LogP contribution < -0.4 is 14.8 Å². The normalized spacial score (nSPS) is 11.6. The van der Waals surface area contributed by atoms with Crippen LogP contribution in [0.15, 0.2) is 28.6 Å². The molecule has 1 aromatic carbocycles. The highest BCUT2D eigenvalue weighted by Gasteiger charge is 2.13. The van der Waals surface area contributed by atoms with E-state index in [1.54, 1.807) is 30.5 Å². The number of nitrogens with zero attached hydrogens (tertiary/aromatic N) is 3. The predicted molar refractivity (Wildman–Crippen MR) is 98.1 cm³/mol. The number of nitrogens with one attached hydrogen (secondary N) is 1. The number of thiazole rings is 1. The Balaban J connectivity index is 2.01. The van der Waals surface area contributed by atoms with E-state index in [0.29, 0.717) is 19.0 Å². The number of alkyl halides is 2. The minimum atomic E-state index is -2.91. The van der Waals surface area contributed by atoms with Gasteiger partial charge in [0.2, 0.25) is 0 Å². The molecule has 0 radical (unpaired) electrons. The Bertz CT molecular complexity index is 752. The van der Waals surface area contributed by atoms with E-state index in [4.69, 9.17) is 4.74 Å². The maximum absolute atomic E-state index is 12.5. The zero-order valence-electron chi connectivity index (χ0n) is 15.1. The first kappa shape index (κ1) is 19.9. The summed E-state index contributed by atoms with van der Waals surface area (Å²) in [6.07, 6.45) is 0. The monoisotopic (exact) mass is 384 g/mol. The predicted octanol–water partition coefficient (Wildman–Crippen LogP) is 3.27. The quantitative estimate of drug-likeness (QED) is 0.587. The molecule has 2 rings (SSSR count). The van der Waals surface area contributed by atoms with Gasteiger partial charge in [0.15, 0.2) is 17.5 Å². The Hall–Kier alpha value is -2.42. The van der Waals surface area contributed by atoms with Crippen molar-refractivity contribution >= 4 is 17.3 Å². The number of benzene rings is 1. The fourth-order valence-electron chi connectivity index (χ4n) is 2.38. The topological polar surface area (TPSA) is 59.0 Å². The lowest BCUT2D eigenvalue weighted by Gasteiger charge is -2.21. The second-order valence-electron chi connectivity index (χ2n) is 5.48. The molecule has 0 spiro atoms. The summed E-state index contributed by atoms with van der Waals surface area (Å²) < 4.78 is 34.6. The van der Waals surface area contributed by atoms with Gasteiger partial charge in [0.05, 0.1) is 24.4 Å². The van der Waals surface area contributed by atoms with E-state index in [0.717, 1.165) is 16.3 Å². The van der Waals surface area contributed by atoms with Crippen LogP contribution in [0.1, 0.15) is 16.3 Å². The molecule has 0 amide bonds. The average Bonchev–Trinajstić information content (AvgIpc) is 3.00. The van der Waals surface area contributed by atoms with Crippen molar-refractivity contribution in [3.05, 3.63) is 39.8 Å². The number of halogens is 2.